The Bertz CT molecular complexity index is 297. The Labute approximate surface area is 97.1 Å². The molecule has 84 valence electrons. The Morgan fingerprint density at radius 3 is 2.73 bits per heavy atom. The standard InChI is InChI=1S/C12H17NO.ClH/c14-9-10-5-1-2-6-11(10)12-7-3-4-8-13-12;/h1-2,5-6,12-14H,3-4,7-9H2;1H. The third-order valence-corrected chi connectivity index (χ3v) is 2.91. The van der Waals surface area contributed by atoms with E-state index in [2.05, 4.69) is 11.4 Å². The second-order valence-corrected chi connectivity index (χ2v) is 3.86. The van der Waals surface area contributed by atoms with E-state index in [-0.39, 0.29) is 19.0 Å². The second kappa shape index (κ2) is 6.11. The predicted molar refractivity (Wildman–Crippen MR) is 64.2 cm³/mol. The lowest BCUT2D eigenvalue weighted by atomic mass is 9.94. The van der Waals surface area contributed by atoms with Gasteiger partial charge < -0.3 is 10.4 Å². The van der Waals surface area contributed by atoms with Crippen LogP contribution in [-0.4, -0.2) is 11.7 Å². The molecule has 2 N–H and O–H groups in total. The van der Waals surface area contributed by atoms with Gasteiger partial charge in [-0.1, -0.05) is 30.7 Å². The molecule has 2 nitrogen and oxygen atoms in total. The van der Waals surface area contributed by atoms with E-state index in [1.165, 1.54) is 24.8 Å². The number of nitrogens with one attached hydrogen (secondary N) is 1. The van der Waals surface area contributed by atoms with Crippen LogP contribution in [0.2, 0.25) is 0 Å². The molecule has 1 aromatic rings. The number of piperidine rings is 1. The number of aliphatic hydroxyl groups excluding tert-OH is 1. The van der Waals surface area contributed by atoms with Gasteiger partial charge >= 0.3 is 0 Å². The van der Waals surface area contributed by atoms with Gasteiger partial charge in [-0.25, -0.2) is 0 Å². The van der Waals surface area contributed by atoms with Gasteiger partial charge in [0.25, 0.3) is 0 Å². The Balaban J connectivity index is 0.00000112. The first-order valence-electron chi connectivity index (χ1n) is 5.34. The zero-order valence-corrected chi connectivity index (χ0v) is 9.59. The van der Waals surface area contributed by atoms with Gasteiger partial charge in [-0.05, 0) is 30.5 Å². The molecule has 0 spiro atoms. The fourth-order valence-corrected chi connectivity index (χ4v) is 2.14. The average molecular weight is 228 g/mol. The summed E-state index contributed by atoms with van der Waals surface area (Å²) in [5.74, 6) is 0. The van der Waals surface area contributed by atoms with Crippen molar-refractivity contribution >= 4 is 12.4 Å². The molecule has 0 aromatic heterocycles. The van der Waals surface area contributed by atoms with Gasteiger partial charge in [-0.3, -0.25) is 0 Å². The van der Waals surface area contributed by atoms with Crippen molar-refractivity contribution in [1.29, 1.82) is 0 Å². The van der Waals surface area contributed by atoms with Crippen molar-refractivity contribution in [2.24, 2.45) is 0 Å². The number of hydrogen-bond acceptors (Lipinski definition) is 2. The van der Waals surface area contributed by atoms with Crippen molar-refractivity contribution in [2.45, 2.75) is 31.9 Å². The summed E-state index contributed by atoms with van der Waals surface area (Å²) in [5, 5.41) is 12.7. The Morgan fingerprint density at radius 1 is 1.27 bits per heavy atom. The highest BCUT2D eigenvalue weighted by Gasteiger charge is 2.16. The van der Waals surface area contributed by atoms with Gasteiger partial charge in [-0.15, -0.1) is 12.4 Å². The first-order valence-corrected chi connectivity index (χ1v) is 5.34. The number of aliphatic hydroxyl groups is 1. The van der Waals surface area contributed by atoms with Crippen molar-refractivity contribution < 1.29 is 5.11 Å². The van der Waals surface area contributed by atoms with Crippen LogP contribution in [0, 0.1) is 0 Å². The molecule has 2 rings (SSSR count). The van der Waals surface area contributed by atoms with Crippen LogP contribution in [0.25, 0.3) is 0 Å². The highest BCUT2D eigenvalue weighted by molar-refractivity contribution is 5.85. The van der Waals surface area contributed by atoms with Crippen LogP contribution in [0.3, 0.4) is 0 Å². The van der Waals surface area contributed by atoms with Gasteiger partial charge in [0.2, 0.25) is 0 Å². The average Bonchev–Trinajstić information content (AvgIpc) is 2.30. The number of benzene rings is 1. The lowest BCUT2D eigenvalue weighted by molar-refractivity contribution is 0.277. The first-order chi connectivity index (χ1) is 6.92. The maximum Gasteiger partial charge on any atom is 0.0685 e. The van der Waals surface area contributed by atoms with Gasteiger partial charge in [0.05, 0.1) is 6.61 Å². The quantitative estimate of drug-likeness (QED) is 0.814. The molecule has 3 heteroatoms. The number of halogens is 1. The second-order valence-electron chi connectivity index (χ2n) is 3.86. The molecule has 1 aromatic carbocycles. The summed E-state index contributed by atoms with van der Waals surface area (Å²) in [7, 11) is 0. The van der Waals surface area contributed by atoms with Crippen molar-refractivity contribution in [3.8, 4) is 0 Å². The van der Waals surface area contributed by atoms with Crippen LogP contribution >= 0.6 is 12.4 Å². The number of hydrogen-bond donors (Lipinski definition) is 2. The van der Waals surface area contributed by atoms with E-state index in [9.17, 15) is 5.11 Å². The normalized spacial score (nSPS) is 20.7. The van der Waals surface area contributed by atoms with E-state index >= 15 is 0 Å². The van der Waals surface area contributed by atoms with Gasteiger partial charge in [-0.2, -0.15) is 0 Å². The molecule has 0 bridgehead atoms. The summed E-state index contributed by atoms with van der Waals surface area (Å²) in [6.45, 7) is 1.25. The zero-order valence-electron chi connectivity index (χ0n) is 8.78. The van der Waals surface area contributed by atoms with Crippen molar-refractivity contribution in [3.63, 3.8) is 0 Å². The molecule has 15 heavy (non-hydrogen) atoms. The zero-order chi connectivity index (χ0) is 9.80. The molecular weight excluding hydrogens is 210 g/mol. The monoisotopic (exact) mass is 227 g/mol. The van der Waals surface area contributed by atoms with Gasteiger partial charge in [0, 0.05) is 6.04 Å². The smallest absolute Gasteiger partial charge is 0.0685 e. The fraction of sp³-hybridized carbons (Fsp3) is 0.500. The first kappa shape index (κ1) is 12.5. The van der Waals surface area contributed by atoms with Crippen molar-refractivity contribution in [2.75, 3.05) is 6.54 Å². The Kier molecular flexibility index (Phi) is 5.09. The molecule has 1 saturated heterocycles. The SMILES string of the molecule is Cl.OCc1ccccc1C1CCCCN1. The van der Waals surface area contributed by atoms with Crippen LogP contribution in [0.15, 0.2) is 24.3 Å². The minimum atomic E-state index is 0. The maximum atomic E-state index is 9.22. The minimum Gasteiger partial charge on any atom is -0.392 e. The van der Waals surface area contributed by atoms with E-state index in [1.807, 2.05) is 18.2 Å². The third-order valence-electron chi connectivity index (χ3n) is 2.91. The summed E-state index contributed by atoms with van der Waals surface area (Å²) in [5.41, 5.74) is 2.33. The van der Waals surface area contributed by atoms with Crippen LogP contribution in [0.5, 0.6) is 0 Å². The summed E-state index contributed by atoms with van der Waals surface area (Å²) in [6.07, 6.45) is 3.76. The predicted octanol–water partition coefficient (Wildman–Crippen LogP) is 2.42. The van der Waals surface area contributed by atoms with Crippen LogP contribution in [-0.2, 0) is 6.61 Å². The highest BCUT2D eigenvalue weighted by Crippen LogP contribution is 2.25. The van der Waals surface area contributed by atoms with Crippen molar-refractivity contribution in [3.05, 3.63) is 35.4 Å². The lowest BCUT2D eigenvalue weighted by Gasteiger charge is -2.25. The minimum absolute atomic E-state index is 0. The largest absolute Gasteiger partial charge is 0.392 e. The molecule has 1 unspecified atom stereocenters. The molecule has 1 fully saturated rings. The van der Waals surface area contributed by atoms with E-state index in [1.54, 1.807) is 0 Å². The van der Waals surface area contributed by atoms with Gasteiger partial charge in [0.1, 0.15) is 0 Å². The van der Waals surface area contributed by atoms with E-state index < -0.39 is 0 Å². The molecule has 0 amide bonds. The molecular formula is C12H18ClNO. The fourth-order valence-electron chi connectivity index (χ4n) is 2.14. The lowest BCUT2D eigenvalue weighted by Crippen LogP contribution is -2.27. The topological polar surface area (TPSA) is 32.3 Å². The molecule has 1 aliphatic rings. The highest BCUT2D eigenvalue weighted by atomic mass is 35.5. The number of rotatable bonds is 2. The molecule has 1 aliphatic heterocycles. The molecule has 0 aliphatic carbocycles. The van der Waals surface area contributed by atoms with Gasteiger partial charge in [0.15, 0.2) is 0 Å². The molecule has 1 heterocycles. The van der Waals surface area contributed by atoms with Crippen LogP contribution in [0.1, 0.15) is 36.4 Å². The third kappa shape index (κ3) is 2.94. The van der Waals surface area contributed by atoms with Crippen LogP contribution < -0.4 is 5.32 Å². The molecule has 1 atom stereocenters. The summed E-state index contributed by atoms with van der Waals surface area (Å²) < 4.78 is 0. The molecule has 0 radical (unpaired) electrons. The summed E-state index contributed by atoms with van der Waals surface area (Å²) in [4.78, 5) is 0. The van der Waals surface area contributed by atoms with E-state index in [0.717, 1.165) is 12.1 Å². The Morgan fingerprint density at radius 2 is 2.07 bits per heavy atom. The van der Waals surface area contributed by atoms with Crippen molar-refractivity contribution in [1.82, 2.24) is 5.32 Å². The maximum absolute atomic E-state index is 9.22. The van der Waals surface area contributed by atoms with E-state index in [0.29, 0.717) is 6.04 Å². The van der Waals surface area contributed by atoms with Crippen LogP contribution in [0.4, 0.5) is 0 Å². The Hall–Kier alpha value is -0.570. The van der Waals surface area contributed by atoms with E-state index in [4.69, 9.17) is 0 Å². The molecule has 0 saturated carbocycles. The summed E-state index contributed by atoms with van der Waals surface area (Å²) >= 11 is 0. The summed E-state index contributed by atoms with van der Waals surface area (Å²) in [6, 6.07) is 8.61.